The summed E-state index contributed by atoms with van der Waals surface area (Å²) < 4.78 is 13.9. The van der Waals surface area contributed by atoms with Crippen molar-refractivity contribution in [1.29, 1.82) is 0 Å². The summed E-state index contributed by atoms with van der Waals surface area (Å²) in [6.45, 7) is 2.08. The highest BCUT2D eigenvalue weighted by molar-refractivity contribution is 14.1. The van der Waals surface area contributed by atoms with E-state index in [0.717, 1.165) is 32.9 Å². The molecule has 0 fully saturated rings. The molecule has 1 heterocycles. The second-order valence-corrected chi connectivity index (χ2v) is 5.23. The zero-order chi connectivity index (χ0) is 13.8. The van der Waals surface area contributed by atoms with Crippen LogP contribution in [0.15, 0.2) is 24.3 Å². The molecule has 0 radical (unpaired) electrons. The summed E-state index contributed by atoms with van der Waals surface area (Å²) in [5.41, 5.74) is 2.05. The number of aryl methyl sites for hydroxylation is 1. The Labute approximate surface area is 125 Å². The standard InChI is InChI=1S/C14H15FIN3/c1-3-11-13(16)14(17-2)19-12(18-11)8-9-4-6-10(15)7-5-9/h4-7H,3,8H2,1-2H3,(H,17,18,19). The maximum absolute atomic E-state index is 12.9. The molecule has 0 amide bonds. The fourth-order valence-electron chi connectivity index (χ4n) is 1.81. The number of hydrogen-bond donors (Lipinski definition) is 1. The van der Waals surface area contributed by atoms with Crippen molar-refractivity contribution < 1.29 is 4.39 Å². The van der Waals surface area contributed by atoms with E-state index >= 15 is 0 Å². The molecule has 0 saturated heterocycles. The van der Waals surface area contributed by atoms with Crippen LogP contribution in [0.4, 0.5) is 10.2 Å². The Morgan fingerprint density at radius 1 is 1.21 bits per heavy atom. The summed E-state index contributed by atoms with van der Waals surface area (Å²) in [5.74, 6) is 1.38. The number of rotatable bonds is 4. The van der Waals surface area contributed by atoms with Gasteiger partial charge in [0, 0.05) is 13.5 Å². The molecular weight excluding hydrogens is 356 g/mol. The zero-order valence-corrected chi connectivity index (χ0v) is 13.0. The predicted octanol–water partition coefficient (Wildman–Crippen LogP) is 3.42. The second-order valence-electron chi connectivity index (χ2n) is 4.16. The summed E-state index contributed by atoms with van der Waals surface area (Å²) in [6.07, 6.45) is 1.48. The molecule has 0 unspecified atom stereocenters. The van der Waals surface area contributed by atoms with Crippen molar-refractivity contribution in [1.82, 2.24) is 9.97 Å². The lowest BCUT2D eigenvalue weighted by atomic mass is 10.1. The van der Waals surface area contributed by atoms with Crippen molar-refractivity contribution in [2.24, 2.45) is 0 Å². The van der Waals surface area contributed by atoms with Gasteiger partial charge in [-0.25, -0.2) is 14.4 Å². The van der Waals surface area contributed by atoms with Gasteiger partial charge in [0.2, 0.25) is 0 Å². The van der Waals surface area contributed by atoms with Crippen molar-refractivity contribution >= 4 is 28.4 Å². The maximum Gasteiger partial charge on any atom is 0.143 e. The minimum Gasteiger partial charge on any atom is -0.372 e. The molecule has 1 N–H and O–H groups in total. The molecule has 2 rings (SSSR count). The lowest BCUT2D eigenvalue weighted by Crippen LogP contribution is -2.07. The van der Waals surface area contributed by atoms with Gasteiger partial charge in [-0.2, -0.15) is 0 Å². The lowest BCUT2D eigenvalue weighted by molar-refractivity contribution is 0.627. The molecule has 2 aromatic rings. The van der Waals surface area contributed by atoms with Crippen molar-refractivity contribution in [2.45, 2.75) is 19.8 Å². The monoisotopic (exact) mass is 371 g/mol. The van der Waals surface area contributed by atoms with Crippen molar-refractivity contribution in [3.8, 4) is 0 Å². The van der Waals surface area contributed by atoms with E-state index in [0.29, 0.717) is 6.42 Å². The molecule has 0 spiro atoms. The first-order valence-corrected chi connectivity index (χ1v) is 7.19. The largest absolute Gasteiger partial charge is 0.372 e. The van der Waals surface area contributed by atoms with Crippen LogP contribution in [-0.4, -0.2) is 17.0 Å². The van der Waals surface area contributed by atoms with E-state index in [-0.39, 0.29) is 5.82 Å². The highest BCUT2D eigenvalue weighted by Crippen LogP contribution is 2.20. The molecule has 0 aliphatic carbocycles. The average Bonchev–Trinajstić information content (AvgIpc) is 2.43. The summed E-state index contributed by atoms with van der Waals surface area (Å²) in [6, 6.07) is 6.45. The van der Waals surface area contributed by atoms with Gasteiger partial charge in [-0.15, -0.1) is 0 Å². The number of nitrogens with zero attached hydrogens (tertiary/aromatic N) is 2. The Morgan fingerprint density at radius 2 is 1.89 bits per heavy atom. The predicted molar refractivity (Wildman–Crippen MR) is 82.9 cm³/mol. The number of halogens is 2. The van der Waals surface area contributed by atoms with Crippen LogP contribution in [0, 0.1) is 9.39 Å². The Balaban J connectivity index is 2.32. The van der Waals surface area contributed by atoms with Crippen LogP contribution in [0.1, 0.15) is 24.0 Å². The van der Waals surface area contributed by atoms with Gasteiger partial charge in [0.15, 0.2) is 0 Å². The third kappa shape index (κ3) is 3.40. The molecule has 0 bridgehead atoms. The minimum atomic E-state index is -0.225. The molecule has 100 valence electrons. The van der Waals surface area contributed by atoms with Crippen molar-refractivity contribution in [3.63, 3.8) is 0 Å². The number of benzene rings is 1. The molecule has 1 aromatic heterocycles. The Bertz CT molecular complexity index is 544. The zero-order valence-electron chi connectivity index (χ0n) is 10.9. The quantitative estimate of drug-likeness (QED) is 0.838. The van der Waals surface area contributed by atoms with E-state index in [9.17, 15) is 4.39 Å². The maximum atomic E-state index is 12.9. The summed E-state index contributed by atoms with van der Waals surface area (Å²) >= 11 is 2.26. The van der Waals surface area contributed by atoms with E-state index < -0.39 is 0 Å². The number of anilines is 1. The van der Waals surface area contributed by atoms with Crippen LogP contribution in [0.2, 0.25) is 0 Å². The van der Waals surface area contributed by atoms with Gasteiger partial charge < -0.3 is 5.32 Å². The fourth-order valence-corrected chi connectivity index (χ4v) is 2.70. The lowest BCUT2D eigenvalue weighted by Gasteiger charge is -2.10. The Morgan fingerprint density at radius 3 is 2.47 bits per heavy atom. The molecule has 0 aliphatic rings. The van der Waals surface area contributed by atoms with Crippen LogP contribution in [0.25, 0.3) is 0 Å². The van der Waals surface area contributed by atoms with E-state index in [1.54, 1.807) is 12.1 Å². The van der Waals surface area contributed by atoms with Gasteiger partial charge in [0.05, 0.1) is 9.26 Å². The first-order chi connectivity index (χ1) is 9.13. The highest BCUT2D eigenvalue weighted by atomic mass is 127. The van der Waals surface area contributed by atoms with Gasteiger partial charge in [-0.05, 0) is 46.7 Å². The van der Waals surface area contributed by atoms with Crippen molar-refractivity contribution in [3.05, 3.63) is 50.7 Å². The normalized spacial score (nSPS) is 10.5. The fraction of sp³-hybridized carbons (Fsp3) is 0.286. The molecule has 3 nitrogen and oxygen atoms in total. The average molecular weight is 371 g/mol. The molecule has 0 atom stereocenters. The first kappa shape index (κ1) is 14.2. The Kier molecular flexibility index (Phi) is 4.68. The minimum absolute atomic E-state index is 0.225. The van der Waals surface area contributed by atoms with E-state index in [4.69, 9.17) is 0 Å². The number of hydrogen-bond acceptors (Lipinski definition) is 3. The van der Waals surface area contributed by atoms with Crippen LogP contribution >= 0.6 is 22.6 Å². The summed E-state index contributed by atoms with van der Waals surface area (Å²) in [5, 5.41) is 3.09. The van der Waals surface area contributed by atoms with Crippen LogP contribution in [-0.2, 0) is 12.8 Å². The van der Waals surface area contributed by atoms with E-state index in [1.165, 1.54) is 12.1 Å². The smallest absolute Gasteiger partial charge is 0.143 e. The SMILES string of the molecule is CCc1nc(Cc2ccc(F)cc2)nc(NC)c1I. The van der Waals surface area contributed by atoms with Gasteiger partial charge in [-0.1, -0.05) is 19.1 Å². The number of nitrogens with one attached hydrogen (secondary N) is 1. The topological polar surface area (TPSA) is 37.8 Å². The van der Waals surface area contributed by atoms with Gasteiger partial charge >= 0.3 is 0 Å². The summed E-state index contributed by atoms with van der Waals surface area (Å²) in [4.78, 5) is 9.06. The third-order valence-electron chi connectivity index (χ3n) is 2.81. The van der Waals surface area contributed by atoms with Gasteiger partial charge in [0.1, 0.15) is 17.5 Å². The molecule has 0 saturated carbocycles. The van der Waals surface area contributed by atoms with Gasteiger partial charge in [-0.3, -0.25) is 0 Å². The van der Waals surface area contributed by atoms with Crippen LogP contribution in [0.5, 0.6) is 0 Å². The Hall–Kier alpha value is -1.24. The van der Waals surface area contributed by atoms with E-state index in [2.05, 4.69) is 44.8 Å². The third-order valence-corrected chi connectivity index (χ3v) is 3.95. The molecular formula is C14H15FIN3. The van der Waals surface area contributed by atoms with Crippen LogP contribution in [0.3, 0.4) is 0 Å². The van der Waals surface area contributed by atoms with Gasteiger partial charge in [0.25, 0.3) is 0 Å². The van der Waals surface area contributed by atoms with Crippen LogP contribution < -0.4 is 5.32 Å². The summed E-state index contributed by atoms with van der Waals surface area (Å²) in [7, 11) is 1.85. The van der Waals surface area contributed by atoms with E-state index in [1.807, 2.05) is 7.05 Å². The molecule has 19 heavy (non-hydrogen) atoms. The highest BCUT2D eigenvalue weighted by Gasteiger charge is 2.10. The molecule has 5 heteroatoms. The molecule has 0 aliphatic heterocycles. The second kappa shape index (κ2) is 6.27. The van der Waals surface area contributed by atoms with Crippen molar-refractivity contribution in [2.75, 3.05) is 12.4 Å². The number of aromatic nitrogens is 2. The first-order valence-electron chi connectivity index (χ1n) is 6.11. The molecule has 1 aromatic carbocycles.